The minimum absolute atomic E-state index is 0.184. The monoisotopic (exact) mass is 392 g/mol. The van der Waals surface area contributed by atoms with Crippen molar-refractivity contribution in [1.29, 1.82) is 0 Å². The molecule has 4 rings (SSSR count). The molecule has 0 aromatic carbocycles. The van der Waals surface area contributed by atoms with Gasteiger partial charge in [0.25, 0.3) is 0 Å². The molecule has 0 aliphatic heterocycles. The van der Waals surface area contributed by atoms with Crippen LogP contribution in [0.5, 0.6) is 0 Å². The van der Waals surface area contributed by atoms with E-state index in [1.807, 2.05) is 0 Å². The molecule has 0 aromatic heterocycles. The summed E-state index contributed by atoms with van der Waals surface area (Å²) in [5, 5.41) is 22.3. The Morgan fingerprint density at radius 3 is 2.68 bits per heavy atom. The second kappa shape index (κ2) is 5.70. The van der Waals surface area contributed by atoms with E-state index in [4.69, 9.17) is 0 Å². The minimum Gasteiger partial charge on any atom is -0.390 e. The fourth-order valence-corrected chi connectivity index (χ4v) is 6.78. The van der Waals surface area contributed by atoms with Crippen molar-refractivity contribution in [2.24, 2.45) is 22.7 Å². The number of hydrogen-bond acceptors (Lipinski definition) is 4. The Labute approximate surface area is 163 Å². The Kier molecular flexibility index (Phi) is 4.00. The number of Topliss-reactive ketones (excluding diaryl/α,β-unsaturated/α-hetero) is 1. The van der Waals surface area contributed by atoms with E-state index in [0.717, 1.165) is 0 Å². The molecule has 0 bridgehead atoms. The van der Waals surface area contributed by atoms with E-state index < -0.39 is 52.5 Å². The third-order valence-electron chi connectivity index (χ3n) is 8.36. The molecule has 0 amide bonds. The van der Waals surface area contributed by atoms with Gasteiger partial charge < -0.3 is 10.2 Å². The SMILES string of the molecule is C=C1C[C@H]2[C@@H]3CCC4=CC(=O)C=C[C@]4(C)[C@@]3(F)[C@@H](O)C[C@]2(C)[C@@]1(O)C(=O)CF. The molecule has 0 aromatic rings. The van der Waals surface area contributed by atoms with Crippen LogP contribution in [-0.2, 0) is 9.59 Å². The maximum atomic E-state index is 16.8. The standard InChI is InChI=1S/C22H26F2O4/c1-12-8-16-15-5-4-13-9-14(25)6-7-19(13,2)21(15,24)17(26)10-20(16,3)22(12,28)18(27)11-23/h6-7,9,15-17,26,28H,1,4-5,8,10-11H2,2-3H3/t15-,16-,17-,19-,20-,21-,22-/m0/s1. The molecule has 4 nitrogen and oxygen atoms in total. The van der Waals surface area contributed by atoms with Crippen LogP contribution >= 0.6 is 0 Å². The van der Waals surface area contributed by atoms with Crippen LogP contribution in [0.3, 0.4) is 0 Å². The first-order valence-corrected chi connectivity index (χ1v) is 9.78. The highest BCUT2D eigenvalue weighted by Gasteiger charge is 2.74. The maximum Gasteiger partial charge on any atom is 0.199 e. The van der Waals surface area contributed by atoms with Gasteiger partial charge in [0.05, 0.1) is 6.10 Å². The van der Waals surface area contributed by atoms with Gasteiger partial charge in [0, 0.05) is 16.7 Å². The van der Waals surface area contributed by atoms with Crippen LogP contribution in [0.2, 0.25) is 0 Å². The van der Waals surface area contributed by atoms with E-state index in [-0.39, 0.29) is 24.2 Å². The number of carbonyl (C=O) groups excluding carboxylic acids is 2. The van der Waals surface area contributed by atoms with Gasteiger partial charge in [0.15, 0.2) is 29.5 Å². The average molecular weight is 392 g/mol. The summed E-state index contributed by atoms with van der Waals surface area (Å²) in [6.45, 7) is 5.83. The first kappa shape index (κ1) is 19.6. The van der Waals surface area contributed by atoms with E-state index >= 15 is 4.39 Å². The van der Waals surface area contributed by atoms with Crippen molar-refractivity contribution in [3.8, 4) is 0 Å². The summed E-state index contributed by atoms with van der Waals surface area (Å²) in [5.41, 5.74) is -5.64. The molecule has 3 saturated carbocycles. The second-order valence-electron chi connectivity index (χ2n) is 9.34. The number of halogens is 2. The molecule has 0 radical (unpaired) electrons. The van der Waals surface area contributed by atoms with Crippen LogP contribution in [0.4, 0.5) is 8.78 Å². The van der Waals surface area contributed by atoms with Crippen LogP contribution in [0.25, 0.3) is 0 Å². The van der Waals surface area contributed by atoms with Crippen molar-refractivity contribution < 1.29 is 28.6 Å². The van der Waals surface area contributed by atoms with Gasteiger partial charge in [-0.15, -0.1) is 0 Å². The Morgan fingerprint density at radius 2 is 2.04 bits per heavy atom. The number of fused-ring (bicyclic) bond motifs is 5. The van der Waals surface area contributed by atoms with Gasteiger partial charge in [0.2, 0.25) is 0 Å². The first-order chi connectivity index (χ1) is 13.0. The smallest absolute Gasteiger partial charge is 0.199 e. The van der Waals surface area contributed by atoms with Crippen molar-refractivity contribution in [3.05, 3.63) is 36.0 Å². The van der Waals surface area contributed by atoms with Crippen molar-refractivity contribution in [2.75, 3.05) is 6.67 Å². The molecule has 0 unspecified atom stereocenters. The number of carbonyl (C=O) groups is 2. The highest BCUT2D eigenvalue weighted by molar-refractivity contribution is 6.01. The molecule has 0 spiro atoms. The quantitative estimate of drug-likeness (QED) is 0.709. The second-order valence-corrected chi connectivity index (χ2v) is 9.34. The summed E-state index contributed by atoms with van der Waals surface area (Å²) < 4.78 is 30.1. The number of hydrogen-bond donors (Lipinski definition) is 2. The number of aliphatic hydroxyl groups excluding tert-OH is 1. The van der Waals surface area contributed by atoms with Gasteiger partial charge in [-0.25, -0.2) is 8.78 Å². The average Bonchev–Trinajstić information content (AvgIpc) is 2.84. The summed E-state index contributed by atoms with van der Waals surface area (Å²) in [6, 6.07) is 0. The number of rotatable bonds is 2. The lowest BCUT2D eigenvalue weighted by atomic mass is 9.44. The van der Waals surface area contributed by atoms with Crippen LogP contribution in [-0.4, -0.2) is 45.8 Å². The Bertz CT molecular complexity index is 847. The van der Waals surface area contributed by atoms with Crippen LogP contribution in [0.1, 0.15) is 39.5 Å². The fourth-order valence-electron chi connectivity index (χ4n) is 6.78. The van der Waals surface area contributed by atoms with E-state index in [1.165, 1.54) is 12.2 Å². The fraction of sp³-hybridized carbons (Fsp3) is 0.636. The summed E-state index contributed by atoms with van der Waals surface area (Å²) >= 11 is 0. The molecular formula is C22H26F2O4. The third-order valence-corrected chi connectivity index (χ3v) is 8.36. The van der Waals surface area contributed by atoms with E-state index in [1.54, 1.807) is 19.9 Å². The van der Waals surface area contributed by atoms with Gasteiger partial charge in [0.1, 0.15) is 0 Å². The summed E-state index contributed by atoms with van der Waals surface area (Å²) in [5.74, 6) is -2.29. The van der Waals surface area contributed by atoms with Crippen LogP contribution < -0.4 is 0 Å². The maximum absolute atomic E-state index is 16.8. The van der Waals surface area contributed by atoms with Crippen molar-refractivity contribution in [1.82, 2.24) is 0 Å². The number of ketones is 2. The molecule has 4 aliphatic carbocycles. The lowest BCUT2D eigenvalue weighted by Gasteiger charge is -2.62. The topological polar surface area (TPSA) is 74.6 Å². The van der Waals surface area contributed by atoms with Crippen LogP contribution in [0.15, 0.2) is 36.0 Å². The minimum atomic E-state index is -2.11. The normalized spacial score (nSPS) is 49.9. The Hall–Kier alpha value is -1.66. The molecule has 0 saturated heterocycles. The first-order valence-electron chi connectivity index (χ1n) is 9.78. The molecule has 28 heavy (non-hydrogen) atoms. The van der Waals surface area contributed by atoms with Gasteiger partial charge >= 0.3 is 0 Å². The Morgan fingerprint density at radius 1 is 1.36 bits per heavy atom. The van der Waals surface area contributed by atoms with E-state index in [9.17, 15) is 24.2 Å². The largest absolute Gasteiger partial charge is 0.390 e. The summed E-state index contributed by atoms with van der Waals surface area (Å²) in [6.07, 6.45) is 3.75. The van der Waals surface area contributed by atoms with Gasteiger partial charge in [-0.3, -0.25) is 9.59 Å². The van der Waals surface area contributed by atoms with Crippen molar-refractivity contribution in [2.45, 2.75) is 56.9 Å². The summed E-state index contributed by atoms with van der Waals surface area (Å²) in [7, 11) is 0. The molecule has 152 valence electrons. The van der Waals surface area contributed by atoms with Gasteiger partial charge in [-0.2, -0.15) is 0 Å². The predicted molar refractivity (Wildman–Crippen MR) is 98.8 cm³/mol. The molecular weight excluding hydrogens is 366 g/mol. The zero-order valence-electron chi connectivity index (χ0n) is 16.2. The molecule has 4 aliphatic rings. The number of allylic oxidation sites excluding steroid dienone is 4. The predicted octanol–water partition coefficient (Wildman–Crippen LogP) is 2.79. The van der Waals surface area contributed by atoms with E-state index in [0.29, 0.717) is 18.4 Å². The molecule has 6 heteroatoms. The van der Waals surface area contributed by atoms with E-state index in [2.05, 4.69) is 6.58 Å². The molecule has 0 heterocycles. The zero-order valence-corrected chi connectivity index (χ0v) is 16.2. The van der Waals surface area contributed by atoms with Crippen molar-refractivity contribution in [3.63, 3.8) is 0 Å². The molecule has 3 fully saturated rings. The lowest BCUT2D eigenvalue weighted by molar-refractivity contribution is -0.214. The number of alkyl halides is 2. The van der Waals surface area contributed by atoms with Crippen molar-refractivity contribution >= 4 is 11.6 Å². The van der Waals surface area contributed by atoms with Crippen LogP contribution in [0, 0.1) is 22.7 Å². The highest BCUT2D eigenvalue weighted by atomic mass is 19.1. The third kappa shape index (κ3) is 1.96. The van der Waals surface area contributed by atoms with Gasteiger partial charge in [-0.05, 0) is 56.3 Å². The highest BCUT2D eigenvalue weighted by Crippen LogP contribution is 2.70. The van der Waals surface area contributed by atoms with Gasteiger partial charge in [-0.1, -0.05) is 25.2 Å². The zero-order chi connectivity index (χ0) is 20.7. The summed E-state index contributed by atoms with van der Waals surface area (Å²) in [4.78, 5) is 24.2. The molecule has 7 atom stereocenters. The lowest BCUT2D eigenvalue weighted by Crippen LogP contribution is -2.69. The molecule has 2 N–H and O–H groups in total. The number of aliphatic hydroxyl groups is 2. The Balaban J connectivity index is 1.85.